The zero-order chi connectivity index (χ0) is 13.5. The summed E-state index contributed by atoms with van der Waals surface area (Å²) < 4.78 is 13.9. The molecule has 1 saturated carbocycles. The lowest BCUT2D eigenvalue weighted by Crippen LogP contribution is -2.23. The molecule has 1 aromatic carbocycles. The van der Waals surface area contributed by atoms with Crippen molar-refractivity contribution in [1.82, 2.24) is 0 Å². The molecule has 2 rings (SSSR count). The van der Waals surface area contributed by atoms with E-state index in [4.69, 9.17) is 11.6 Å². The van der Waals surface area contributed by atoms with E-state index in [-0.39, 0.29) is 5.82 Å². The van der Waals surface area contributed by atoms with Crippen molar-refractivity contribution in [3.8, 4) is 0 Å². The first-order valence-electron chi connectivity index (χ1n) is 6.19. The van der Waals surface area contributed by atoms with Crippen LogP contribution in [0.4, 0.5) is 10.1 Å². The summed E-state index contributed by atoms with van der Waals surface area (Å²) in [6.45, 7) is 6.82. The van der Waals surface area contributed by atoms with Crippen molar-refractivity contribution >= 4 is 33.2 Å². The van der Waals surface area contributed by atoms with Crippen LogP contribution < -0.4 is 5.32 Å². The monoisotopic (exact) mass is 333 g/mol. The van der Waals surface area contributed by atoms with Crippen molar-refractivity contribution in [2.75, 3.05) is 5.32 Å². The molecule has 0 amide bonds. The highest BCUT2D eigenvalue weighted by Gasteiger charge is 2.36. The number of halogens is 3. The molecule has 1 nitrogen and oxygen atoms in total. The Morgan fingerprint density at radius 2 is 2.06 bits per heavy atom. The van der Waals surface area contributed by atoms with E-state index in [1.807, 2.05) is 0 Å². The third-order valence-electron chi connectivity index (χ3n) is 3.67. The topological polar surface area (TPSA) is 12.0 Å². The van der Waals surface area contributed by atoms with Crippen LogP contribution in [-0.2, 0) is 0 Å². The van der Waals surface area contributed by atoms with Gasteiger partial charge >= 0.3 is 0 Å². The number of hydrogen-bond acceptors (Lipinski definition) is 1. The van der Waals surface area contributed by atoms with Gasteiger partial charge in [0.1, 0.15) is 5.82 Å². The molecule has 1 aliphatic rings. The Morgan fingerprint density at radius 3 is 2.56 bits per heavy atom. The predicted octanol–water partition coefficient (Wildman–Crippen LogP) is 5.48. The van der Waals surface area contributed by atoms with Crippen molar-refractivity contribution in [1.29, 1.82) is 0 Å². The molecule has 100 valence electrons. The minimum atomic E-state index is -0.322. The van der Waals surface area contributed by atoms with Crippen molar-refractivity contribution in [2.45, 2.75) is 39.7 Å². The van der Waals surface area contributed by atoms with Crippen LogP contribution in [0.1, 0.15) is 33.6 Å². The molecule has 1 aromatic rings. The molecule has 0 aromatic heterocycles. The van der Waals surface area contributed by atoms with Crippen LogP contribution in [0.25, 0.3) is 0 Å². The van der Waals surface area contributed by atoms with E-state index in [0.717, 1.165) is 12.1 Å². The Morgan fingerprint density at radius 1 is 1.39 bits per heavy atom. The molecule has 2 unspecified atom stereocenters. The van der Waals surface area contributed by atoms with Gasteiger partial charge in [-0.25, -0.2) is 4.39 Å². The van der Waals surface area contributed by atoms with Crippen LogP contribution in [0.3, 0.4) is 0 Å². The first-order chi connectivity index (χ1) is 8.28. The van der Waals surface area contributed by atoms with Gasteiger partial charge < -0.3 is 5.32 Å². The molecule has 0 radical (unpaired) electrons. The number of anilines is 1. The molecule has 0 bridgehead atoms. The largest absolute Gasteiger partial charge is 0.380 e. The Labute approximate surface area is 121 Å². The molecular weight excluding hydrogens is 317 g/mol. The zero-order valence-electron chi connectivity index (χ0n) is 10.9. The second-order valence-corrected chi connectivity index (χ2v) is 7.31. The van der Waals surface area contributed by atoms with Crippen molar-refractivity contribution in [3.05, 3.63) is 27.4 Å². The summed E-state index contributed by atoms with van der Waals surface area (Å²) in [7, 11) is 0. The van der Waals surface area contributed by atoms with Gasteiger partial charge in [-0.15, -0.1) is 0 Å². The molecule has 18 heavy (non-hydrogen) atoms. The fourth-order valence-electron chi connectivity index (χ4n) is 2.95. The summed E-state index contributed by atoms with van der Waals surface area (Å²) in [6, 6.07) is 3.18. The average molecular weight is 335 g/mol. The van der Waals surface area contributed by atoms with Crippen molar-refractivity contribution < 1.29 is 4.39 Å². The van der Waals surface area contributed by atoms with Crippen LogP contribution in [0.15, 0.2) is 16.6 Å². The van der Waals surface area contributed by atoms with E-state index >= 15 is 0 Å². The Hall–Kier alpha value is -0.280. The summed E-state index contributed by atoms with van der Waals surface area (Å²) in [6.07, 6.45) is 2.30. The van der Waals surface area contributed by atoms with Gasteiger partial charge in [-0.1, -0.05) is 32.4 Å². The normalized spacial score (nSPS) is 26.3. The molecule has 2 atom stereocenters. The van der Waals surface area contributed by atoms with E-state index in [1.165, 1.54) is 18.6 Å². The average Bonchev–Trinajstić information content (AvgIpc) is 2.45. The highest BCUT2D eigenvalue weighted by Crippen LogP contribution is 2.43. The van der Waals surface area contributed by atoms with Crippen LogP contribution in [0.5, 0.6) is 0 Å². The van der Waals surface area contributed by atoms with Gasteiger partial charge in [-0.2, -0.15) is 0 Å². The fourth-order valence-corrected chi connectivity index (χ4v) is 3.87. The van der Waals surface area contributed by atoms with Crippen LogP contribution in [0, 0.1) is 17.2 Å². The maximum absolute atomic E-state index is 13.2. The maximum atomic E-state index is 13.2. The summed E-state index contributed by atoms with van der Waals surface area (Å²) in [4.78, 5) is 0. The van der Waals surface area contributed by atoms with E-state index < -0.39 is 0 Å². The van der Waals surface area contributed by atoms with Gasteiger partial charge in [0, 0.05) is 10.5 Å². The summed E-state index contributed by atoms with van der Waals surface area (Å²) in [5.41, 5.74) is 1.16. The minimum Gasteiger partial charge on any atom is -0.380 e. The quantitative estimate of drug-likeness (QED) is 0.755. The van der Waals surface area contributed by atoms with Crippen LogP contribution >= 0.6 is 27.5 Å². The van der Waals surface area contributed by atoms with E-state index in [0.29, 0.717) is 26.9 Å². The third-order valence-corrected chi connectivity index (χ3v) is 4.59. The highest BCUT2D eigenvalue weighted by molar-refractivity contribution is 9.10. The summed E-state index contributed by atoms with van der Waals surface area (Å²) in [5, 5.41) is 3.89. The van der Waals surface area contributed by atoms with Gasteiger partial charge in [0.15, 0.2) is 0 Å². The van der Waals surface area contributed by atoms with Gasteiger partial charge in [0.25, 0.3) is 0 Å². The van der Waals surface area contributed by atoms with E-state index in [1.54, 1.807) is 0 Å². The van der Waals surface area contributed by atoms with Gasteiger partial charge in [0.05, 0.1) is 10.7 Å². The minimum absolute atomic E-state index is 0.322. The van der Waals surface area contributed by atoms with Gasteiger partial charge in [0.2, 0.25) is 0 Å². The molecule has 0 spiro atoms. The number of hydrogen-bond donors (Lipinski definition) is 1. The molecule has 0 heterocycles. The fraction of sp³-hybridized carbons (Fsp3) is 0.571. The van der Waals surface area contributed by atoms with Crippen LogP contribution in [0.2, 0.25) is 5.02 Å². The first kappa shape index (κ1) is 14.1. The molecular formula is C14H18BrClFN. The van der Waals surface area contributed by atoms with Crippen molar-refractivity contribution in [3.63, 3.8) is 0 Å². The lowest BCUT2D eigenvalue weighted by molar-refractivity contribution is 0.366. The lowest BCUT2D eigenvalue weighted by atomic mass is 9.91. The maximum Gasteiger partial charge on any atom is 0.125 e. The van der Waals surface area contributed by atoms with Gasteiger partial charge in [-0.05, 0) is 52.2 Å². The van der Waals surface area contributed by atoms with E-state index in [2.05, 4.69) is 42.0 Å². The number of nitrogens with one attached hydrogen (secondary N) is 1. The molecule has 0 aliphatic heterocycles. The predicted molar refractivity (Wildman–Crippen MR) is 78.7 cm³/mol. The van der Waals surface area contributed by atoms with Gasteiger partial charge in [-0.3, -0.25) is 0 Å². The molecule has 1 N–H and O–H groups in total. The summed E-state index contributed by atoms with van der Waals surface area (Å²) >= 11 is 9.47. The number of benzene rings is 1. The smallest absolute Gasteiger partial charge is 0.125 e. The Bertz CT molecular complexity index is 438. The molecule has 4 heteroatoms. The second kappa shape index (κ2) is 5.01. The standard InChI is InChI=1S/C14H18BrClFN/c1-8-6-14(2,3)7-12(8)18-13-10(15)4-9(17)5-11(13)16/h4-5,8,12,18H,6-7H2,1-3H3. The lowest BCUT2D eigenvalue weighted by Gasteiger charge is -2.21. The Balaban J connectivity index is 2.20. The molecule has 0 saturated heterocycles. The second-order valence-electron chi connectivity index (χ2n) is 6.05. The van der Waals surface area contributed by atoms with E-state index in [9.17, 15) is 4.39 Å². The molecule has 1 aliphatic carbocycles. The first-order valence-corrected chi connectivity index (χ1v) is 7.37. The highest BCUT2D eigenvalue weighted by atomic mass is 79.9. The molecule has 1 fully saturated rings. The van der Waals surface area contributed by atoms with Crippen LogP contribution in [-0.4, -0.2) is 6.04 Å². The SMILES string of the molecule is CC1CC(C)(C)CC1Nc1c(Cl)cc(F)cc1Br. The van der Waals surface area contributed by atoms with Crippen molar-refractivity contribution in [2.24, 2.45) is 11.3 Å². The third kappa shape index (κ3) is 3.00. The summed E-state index contributed by atoms with van der Waals surface area (Å²) in [5.74, 6) is 0.269. The zero-order valence-corrected chi connectivity index (χ0v) is 13.2. The number of rotatable bonds is 2. The Kier molecular flexibility index (Phi) is 3.93.